The molecule has 1 aliphatic rings. The van der Waals surface area contributed by atoms with E-state index >= 15 is 0 Å². The molecule has 1 heterocycles. The van der Waals surface area contributed by atoms with Gasteiger partial charge in [-0.05, 0) is 6.92 Å². The van der Waals surface area contributed by atoms with Gasteiger partial charge in [-0.15, -0.1) is 0 Å². The number of nitrogens with one attached hydrogen (secondary N) is 1. The van der Waals surface area contributed by atoms with Gasteiger partial charge >= 0.3 is 6.03 Å². The van der Waals surface area contributed by atoms with Gasteiger partial charge in [0.2, 0.25) is 0 Å². The Balaban J connectivity index is 0.000000640. The molecular weight excluding hydrogens is 116 g/mol. The normalized spacial score (nSPS) is 17.0. The van der Waals surface area contributed by atoms with E-state index < -0.39 is 0 Å². The molecule has 0 aromatic rings. The smallest absolute Gasteiger partial charge is 0.317 e. The van der Waals surface area contributed by atoms with Crippen molar-refractivity contribution in [1.82, 2.24) is 10.2 Å². The molecule has 1 saturated heterocycles. The maximum atomic E-state index is 10.6. The van der Waals surface area contributed by atoms with Gasteiger partial charge in [0.05, 0.1) is 0 Å². The van der Waals surface area contributed by atoms with Crippen molar-refractivity contribution in [2.45, 2.75) is 14.4 Å². The molecule has 1 rings (SSSR count). The molecule has 1 aliphatic heterocycles. The van der Waals surface area contributed by atoms with Gasteiger partial charge < -0.3 is 10.2 Å². The summed E-state index contributed by atoms with van der Waals surface area (Å²) in [6, 6.07) is 0.0764. The number of hydrogen-bond donors (Lipinski definition) is 1. The van der Waals surface area contributed by atoms with Crippen molar-refractivity contribution in [2.24, 2.45) is 0 Å². The van der Waals surface area contributed by atoms with Crippen LogP contribution in [0.5, 0.6) is 0 Å². The fraction of sp³-hybridized carbons (Fsp3) is 0.833. The quantitative estimate of drug-likeness (QED) is 0.556. The molecule has 0 bridgehead atoms. The molecule has 0 aromatic carbocycles. The van der Waals surface area contributed by atoms with Gasteiger partial charge in [-0.25, -0.2) is 4.79 Å². The summed E-state index contributed by atoms with van der Waals surface area (Å²) in [4.78, 5) is 12.4. The molecule has 0 saturated carbocycles. The van der Waals surface area contributed by atoms with E-state index in [0.717, 1.165) is 19.6 Å². The van der Waals surface area contributed by atoms with Gasteiger partial charge in [0, 0.05) is 19.6 Å². The molecule has 3 heteroatoms. The summed E-state index contributed by atoms with van der Waals surface area (Å²) in [5, 5.41) is 2.71. The van der Waals surface area contributed by atoms with E-state index in [9.17, 15) is 4.79 Å². The molecule has 0 radical (unpaired) electrons. The van der Waals surface area contributed by atoms with Crippen LogP contribution in [0.25, 0.3) is 0 Å². The Morgan fingerprint density at radius 2 is 2.44 bits per heavy atom. The molecule has 1 fully saturated rings. The number of rotatable bonds is 1. The van der Waals surface area contributed by atoms with Gasteiger partial charge in [0.15, 0.2) is 0 Å². The minimum atomic E-state index is 0. The Kier molecular flexibility index (Phi) is 3.06. The first-order chi connectivity index (χ1) is 3.84. The summed E-state index contributed by atoms with van der Waals surface area (Å²) < 4.78 is 0. The molecule has 54 valence electrons. The third kappa shape index (κ3) is 1.59. The lowest BCUT2D eigenvalue weighted by Crippen LogP contribution is -2.27. The minimum absolute atomic E-state index is 0. The first-order valence-electron chi connectivity index (χ1n) is 2.87. The predicted octanol–water partition coefficient (Wildman–Crippen LogP) is 0.668. The van der Waals surface area contributed by atoms with E-state index in [1.807, 2.05) is 6.92 Å². The Hall–Kier alpha value is -0.730. The van der Waals surface area contributed by atoms with E-state index in [0.29, 0.717) is 0 Å². The van der Waals surface area contributed by atoms with Crippen LogP contribution in [0.3, 0.4) is 0 Å². The lowest BCUT2D eigenvalue weighted by molar-refractivity contribution is 0.219. The van der Waals surface area contributed by atoms with E-state index in [2.05, 4.69) is 5.32 Å². The van der Waals surface area contributed by atoms with Gasteiger partial charge in [0.1, 0.15) is 0 Å². The van der Waals surface area contributed by atoms with Crippen molar-refractivity contribution in [3.63, 3.8) is 0 Å². The summed E-state index contributed by atoms with van der Waals surface area (Å²) in [5.74, 6) is 0. The molecule has 0 aliphatic carbocycles. The van der Waals surface area contributed by atoms with Crippen LogP contribution in [-0.2, 0) is 0 Å². The number of carbonyl (C=O) groups is 1. The van der Waals surface area contributed by atoms with Crippen molar-refractivity contribution < 1.29 is 4.79 Å². The van der Waals surface area contributed by atoms with Gasteiger partial charge in [-0.2, -0.15) is 0 Å². The maximum absolute atomic E-state index is 10.6. The van der Waals surface area contributed by atoms with Crippen molar-refractivity contribution in [3.8, 4) is 0 Å². The number of carbonyl (C=O) groups excluding carboxylic acids is 1. The second kappa shape index (κ2) is 3.33. The van der Waals surface area contributed by atoms with Crippen molar-refractivity contribution in [3.05, 3.63) is 0 Å². The molecule has 0 unspecified atom stereocenters. The van der Waals surface area contributed by atoms with Crippen LogP contribution < -0.4 is 5.32 Å². The molecule has 0 aromatic heterocycles. The van der Waals surface area contributed by atoms with Gasteiger partial charge in [-0.3, -0.25) is 0 Å². The van der Waals surface area contributed by atoms with Gasteiger partial charge in [-0.1, -0.05) is 7.43 Å². The highest BCUT2D eigenvalue weighted by molar-refractivity contribution is 5.75. The summed E-state index contributed by atoms with van der Waals surface area (Å²) >= 11 is 0. The van der Waals surface area contributed by atoms with Crippen molar-refractivity contribution in [2.75, 3.05) is 19.6 Å². The number of hydrogen-bond acceptors (Lipinski definition) is 1. The van der Waals surface area contributed by atoms with E-state index in [4.69, 9.17) is 0 Å². The minimum Gasteiger partial charge on any atom is -0.336 e. The zero-order valence-corrected chi connectivity index (χ0v) is 4.98. The number of urea groups is 1. The SMILES string of the molecule is C.CCN1CCNC1=O. The predicted molar refractivity (Wildman–Crippen MR) is 37.4 cm³/mol. The molecule has 9 heavy (non-hydrogen) atoms. The topological polar surface area (TPSA) is 32.3 Å². The average molecular weight is 130 g/mol. The Bertz CT molecular complexity index is 103. The zero-order valence-electron chi connectivity index (χ0n) is 4.98. The van der Waals surface area contributed by atoms with Crippen LogP contribution in [0.2, 0.25) is 0 Å². The Morgan fingerprint density at radius 1 is 1.78 bits per heavy atom. The highest BCUT2D eigenvalue weighted by atomic mass is 16.2. The summed E-state index contributed by atoms with van der Waals surface area (Å²) in [5.41, 5.74) is 0. The second-order valence-electron chi connectivity index (χ2n) is 1.81. The van der Waals surface area contributed by atoms with E-state index in [1.54, 1.807) is 4.90 Å². The standard InChI is InChI=1S/C5H10N2O.CH4/c1-2-7-4-3-6-5(7)8;/h2-4H2,1H3,(H,6,8);1H4. The number of nitrogens with zero attached hydrogens (tertiary/aromatic N) is 1. The van der Waals surface area contributed by atoms with Crippen LogP contribution in [0.15, 0.2) is 0 Å². The fourth-order valence-electron chi connectivity index (χ4n) is 0.813. The van der Waals surface area contributed by atoms with Crippen LogP contribution in [-0.4, -0.2) is 30.6 Å². The largest absolute Gasteiger partial charge is 0.336 e. The summed E-state index contributed by atoms with van der Waals surface area (Å²) in [7, 11) is 0. The first-order valence-corrected chi connectivity index (χ1v) is 2.87. The van der Waals surface area contributed by atoms with Crippen LogP contribution in [0.4, 0.5) is 4.79 Å². The first kappa shape index (κ1) is 8.27. The summed E-state index contributed by atoms with van der Waals surface area (Å²) in [6.07, 6.45) is 0. The Labute approximate surface area is 56.0 Å². The monoisotopic (exact) mass is 130 g/mol. The molecule has 0 atom stereocenters. The zero-order chi connectivity index (χ0) is 5.98. The van der Waals surface area contributed by atoms with Gasteiger partial charge in [0.25, 0.3) is 0 Å². The third-order valence-corrected chi connectivity index (χ3v) is 1.33. The number of amides is 2. The molecular formula is C6H14N2O. The Morgan fingerprint density at radius 3 is 2.67 bits per heavy atom. The fourth-order valence-corrected chi connectivity index (χ4v) is 0.813. The molecule has 0 spiro atoms. The lowest BCUT2D eigenvalue weighted by Gasteiger charge is -2.08. The molecule has 2 amide bonds. The van der Waals surface area contributed by atoms with E-state index in [-0.39, 0.29) is 13.5 Å². The van der Waals surface area contributed by atoms with Crippen LogP contribution >= 0.6 is 0 Å². The van der Waals surface area contributed by atoms with E-state index in [1.165, 1.54) is 0 Å². The highest BCUT2D eigenvalue weighted by Crippen LogP contribution is 1.93. The molecule has 1 N–H and O–H groups in total. The van der Waals surface area contributed by atoms with Crippen molar-refractivity contribution >= 4 is 6.03 Å². The van der Waals surface area contributed by atoms with Crippen molar-refractivity contribution in [1.29, 1.82) is 0 Å². The third-order valence-electron chi connectivity index (χ3n) is 1.33. The van der Waals surface area contributed by atoms with Crippen LogP contribution in [0.1, 0.15) is 14.4 Å². The highest BCUT2D eigenvalue weighted by Gasteiger charge is 2.15. The second-order valence-corrected chi connectivity index (χ2v) is 1.81. The summed E-state index contributed by atoms with van der Waals surface area (Å²) in [6.45, 7) is 4.48. The lowest BCUT2D eigenvalue weighted by atomic mass is 10.6. The average Bonchev–Trinajstić information content (AvgIpc) is 2.14. The maximum Gasteiger partial charge on any atom is 0.317 e. The van der Waals surface area contributed by atoms with Crippen LogP contribution in [0, 0.1) is 0 Å². The number of likely N-dealkylation sites (N-methyl/N-ethyl adjacent to an activating group) is 1. The molecule has 3 nitrogen and oxygen atoms in total.